The van der Waals surface area contributed by atoms with Gasteiger partial charge in [-0.1, -0.05) is 0 Å². The fourth-order valence-corrected chi connectivity index (χ4v) is 1.89. The molecule has 0 heterocycles. The fourth-order valence-electron chi connectivity index (χ4n) is 1.39. The number of carbonyl (C=O) groups is 1. The van der Waals surface area contributed by atoms with Crippen LogP contribution in [0.25, 0.3) is 0 Å². The number of hydrogen-bond acceptors (Lipinski definition) is 4. The van der Waals surface area contributed by atoms with Crippen molar-refractivity contribution < 1.29 is 19.0 Å². The van der Waals surface area contributed by atoms with Crippen LogP contribution < -0.4 is 14.8 Å². The number of carbonyl (C=O) groups excluding carboxylic acids is 1. The van der Waals surface area contributed by atoms with Crippen molar-refractivity contribution >= 4 is 21.8 Å². The summed E-state index contributed by atoms with van der Waals surface area (Å²) in [6, 6.07) is 3.33. The van der Waals surface area contributed by atoms with E-state index in [0.717, 1.165) is 0 Å². The molecule has 0 radical (unpaired) electrons. The van der Waals surface area contributed by atoms with Gasteiger partial charge in [-0.3, -0.25) is 4.79 Å². The maximum absolute atomic E-state index is 11.9. The predicted molar refractivity (Wildman–Crippen MR) is 71.5 cm³/mol. The molecule has 0 fully saturated rings. The Hall–Kier alpha value is -1.27. The van der Waals surface area contributed by atoms with E-state index in [1.54, 1.807) is 26.4 Å². The SMILES string of the molecule is COCCNC(=O)c1cc(OC)c(OC)cc1Br. The van der Waals surface area contributed by atoms with E-state index in [-0.39, 0.29) is 5.91 Å². The molecule has 0 aliphatic rings. The van der Waals surface area contributed by atoms with Crippen molar-refractivity contribution in [2.24, 2.45) is 0 Å². The zero-order chi connectivity index (χ0) is 13.5. The monoisotopic (exact) mass is 317 g/mol. The van der Waals surface area contributed by atoms with Gasteiger partial charge >= 0.3 is 0 Å². The summed E-state index contributed by atoms with van der Waals surface area (Å²) in [7, 11) is 4.65. The second-order valence-corrected chi connectivity index (χ2v) is 4.29. The summed E-state index contributed by atoms with van der Waals surface area (Å²) in [5.74, 6) is 0.885. The first-order chi connectivity index (χ1) is 8.63. The lowest BCUT2D eigenvalue weighted by Crippen LogP contribution is -2.27. The summed E-state index contributed by atoms with van der Waals surface area (Å²) in [6.07, 6.45) is 0. The molecular formula is C12H16BrNO4. The molecule has 1 aromatic carbocycles. The molecule has 0 saturated carbocycles. The van der Waals surface area contributed by atoms with Crippen LogP contribution in [0.1, 0.15) is 10.4 Å². The molecule has 0 bridgehead atoms. The Bertz CT molecular complexity index is 423. The van der Waals surface area contributed by atoms with Crippen LogP contribution in [0.15, 0.2) is 16.6 Å². The van der Waals surface area contributed by atoms with E-state index in [1.807, 2.05) is 0 Å². The number of ether oxygens (including phenoxy) is 3. The minimum Gasteiger partial charge on any atom is -0.493 e. The number of rotatable bonds is 6. The van der Waals surface area contributed by atoms with Gasteiger partial charge in [-0.2, -0.15) is 0 Å². The zero-order valence-corrected chi connectivity index (χ0v) is 12.2. The van der Waals surface area contributed by atoms with E-state index in [2.05, 4.69) is 21.2 Å². The van der Waals surface area contributed by atoms with Gasteiger partial charge in [-0.15, -0.1) is 0 Å². The maximum atomic E-state index is 11.9. The second-order valence-electron chi connectivity index (χ2n) is 3.44. The summed E-state index contributed by atoms with van der Waals surface area (Å²) in [5.41, 5.74) is 0.490. The molecule has 0 saturated heterocycles. The van der Waals surface area contributed by atoms with Gasteiger partial charge in [0.1, 0.15) is 0 Å². The third kappa shape index (κ3) is 3.61. The average molecular weight is 318 g/mol. The lowest BCUT2D eigenvalue weighted by atomic mass is 10.2. The van der Waals surface area contributed by atoms with Gasteiger partial charge in [0.15, 0.2) is 11.5 Å². The topological polar surface area (TPSA) is 56.8 Å². The molecule has 0 aliphatic carbocycles. The van der Waals surface area contributed by atoms with Crippen LogP contribution in [0.2, 0.25) is 0 Å². The van der Waals surface area contributed by atoms with Crippen molar-refractivity contribution in [2.45, 2.75) is 0 Å². The third-order valence-electron chi connectivity index (χ3n) is 2.31. The molecular weight excluding hydrogens is 302 g/mol. The predicted octanol–water partition coefficient (Wildman–Crippen LogP) is 1.84. The first-order valence-corrected chi connectivity index (χ1v) is 6.12. The van der Waals surface area contributed by atoms with Crippen molar-refractivity contribution in [1.29, 1.82) is 0 Å². The van der Waals surface area contributed by atoms with Crippen LogP contribution in [-0.4, -0.2) is 40.4 Å². The van der Waals surface area contributed by atoms with Crippen LogP contribution in [0, 0.1) is 0 Å². The molecule has 18 heavy (non-hydrogen) atoms. The Morgan fingerprint density at radius 3 is 2.39 bits per heavy atom. The summed E-state index contributed by atoms with van der Waals surface area (Å²) < 4.78 is 15.8. The molecule has 0 aromatic heterocycles. The Labute approximate surface area is 115 Å². The Morgan fingerprint density at radius 2 is 1.83 bits per heavy atom. The minimum atomic E-state index is -0.195. The summed E-state index contributed by atoms with van der Waals surface area (Å²) in [5, 5.41) is 2.74. The fraction of sp³-hybridized carbons (Fsp3) is 0.417. The standard InChI is InChI=1S/C12H16BrNO4/c1-16-5-4-14-12(15)8-6-10(17-2)11(18-3)7-9(8)13/h6-7H,4-5H2,1-3H3,(H,14,15). The molecule has 1 aromatic rings. The lowest BCUT2D eigenvalue weighted by molar-refractivity contribution is 0.0936. The molecule has 0 atom stereocenters. The van der Waals surface area contributed by atoms with Crippen LogP contribution >= 0.6 is 15.9 Å². The molecule has 0 spiro atoms. The highest BCUT2D eigenvalue weighted by Crippen LogP contribution is 2.33. The van der Waals surface area contributed by atoms with Crippen LogP contribution in [0.4, 0.5) is 0 Å². The van der Waals surface area contributed by atoms with E-state index in [4.69, 9.17) is 14.2 Å². The van der Waals surface area contributed by atoms with Crippen molar-refractivity contribution in [1.82, 2.24) is 5.32 Å². The number of amides is 1. The summed E-state index contributed by atoms with van der Waals surface area (Å²) >= 11 is 3.33. The lowest BCUT2D eigenvalue weighted by Gasteiger charge is -2.12. The first-order valence-electron chi connectivity index (χ1n) is 5.32. The molecule has 6 heteroatoms. The van der Waals surface area contributed by atoms with Gasteiger partial charge in [-0.05, 0) is 28.1 Å². The number of benzene rings is 1. The molecule has 0 aliphatic heterocycles. The highest BCUT2D eigenvalue weighted by atomic mass is 79.9. The molecule has 1 amide bonds. The molecule has 1 rings (SSSR count). The molecule has 5 nitrogen and oxygen atoms in total. The van der Waals surface area contributed by atoms with Crippen molar-refractivity contribution in [3.63, 3.8) is 0 Å². The number of hydrogen-bond donors (Lipinski definition) is 1. The molecule has 1 N–H and O–H groups in total. The number of halogens is 1. The number of nitrogens with one attached hydrogen (secondary N) is 1. The van der Waals surface area contributed by atoms with Gasteiger partial charge in [0.2, 0.25) is 0 Å². The van der Waals surface area contributed by atoms with Crippen LogP contribution in [-0.2, 0) is 4.74 Å². The Balaban J connectivity index is 2.91. The minimum absolute atomic E-state index is 0.195. The van der Waals surface area contributed by atoms with Gasteiger partial charge < -0.3 is 19.5 Å². The quantitative estimate of drug-likeness (QED) is 0.813. The Kier molecular flexibility index (Phi) is 5.94. The van der Waals surface area contributed by atoms with Gasteiger partial charge in [0.05, 0.1) is 26.4 Å². The Morgan fingerprint density at radius 1 is 1.22 bits per heavy atom. The highest BCUT2D eigenvalue weighted by Gasteiger charge is 2.14. The van der Waals surface area contributed by atoms with Crippen LogP contribution in [0.5, 0.6) is 11.5 Å². The molecule has 100 valence electrons. The van der Waals surface area contributed by atoms with Crippen LogP contribution in [0.3, 0.4) is 0 Å². The van der Waals surface area contributed by atoms with Crippen molar-refractivity contribution in [2.75, 3.05) is 34.5 Å². The smallest absolute Gasteiger partial charge is 0.252 e. The summed E-state index contributed by atoms with van der Waals surface area (Å²) in [4.78, 5) is 11.9. The average Bonchev–Trinajstić information content (AvgIpc) is 2.38. The van der Waals surface area contributed by atoms with Gasteiger partial charge in [-0.25, -0.2) is 0 Å². The van der Waals surface area contributed by atoms with Gasteiger partial charge in [0, 0.05) is 18.1 Å². The summed E-state index contributed by atoms with van der Waals surface area (Å²) in [6.45, 7) is 0.923. The highest BCUT2D eigenvalue weighted by molar-refractivity contribution is 9.10. The van der Waals surface area contributed by atoms with Crippen molar-refractivity contribution in [3.8, 4) is 11.5 Å². The van der Waals surface area contributed by atoms with E-state index >= 15 is 0 Å². The van der Waals surface area contributed by atoms with Crippen molar-refractivity contribution in [3.05, 3.63) is 22.2 Å². The van der Waals surface area contributed by atoms with Gasteiger partial charge in [0.25, 0.3) is 5.91 Å². The largest absolute Gasteiger partial charge is 0.493 e. The van der Waals surface area contributed by atoms with E-state index < -0.39 is 0 Å². The number of methoxy groups -OCH3 is 3. The first kappa shape index (κ1) is 14.8. The van der Waals surface area contributed by atoms with E-state index in [1.165, 1.54) is 7.11 Å². The zero-order valence-electron chi connectivity index (χ0n) is 10.6. The maximum Gasteiger partial charge on any atom is 0.252 e. The molecule has 0 unspecified atom stereocenters. The van der Waals surface area contributed by atoms with E-state index in [9.17, 15) is 4.79 Å². The normalized spacial score (nSPS) is 10.0. The van der Waals surface area contributed by atoms with E-state index in [0.29, 0.717) is 34.7 Å². The second kappa shape index (κ2) is 7.23. The third-order valence-corrected chi connectivity index (χ3v) is 2.97.